The minimum atomic E-state index is -1.43. The summed E-state index contributed by atoms with van der Waals surface area (Å²) in [7, 11) is 0. The molecule has 0 aromatic heterocycles. The van der Waals surface area contributed by atoms with Crippen LogP contribution < -0.4 is 0 Å². The van der Waals surface area contributed by atoms with E-state index in [2.05, 4.69) is 6.92 Å². The van der Waals surface area contributed by atoms with E-state index in [-0.39, 0.29) is 34.1 Å². The molecule has 1 aliphatic heterocycles. The molecule has 138 valence electrons. The van der Waals surface area contributed by atoms with Gasteiger partial charge in [0.1, 0.15) is 5.76 Å². The Bertz CT molecular complexity index is 645. The van der Waals surface area contributed by atoms with Crippen LogP contribution in [-0.2, 0) is 19.1 Å². The van der Waals surface area contributed by atoms with Gasteiger partial charge in [0, 0.05) is 37.2 Å². The second-order valence-corrected chi connectivity index (χ2v) is 9.67. The van der Waals surface area contributed by atoms with Crippen LogP contribution in [0.25, 0.3) is 0 Å². The predicted molar refractivity (Wildman–Crippen MR) is 94.9 cm³/mol. The molecule has 1 unspecified atom stereocenters. The van der Waals surface area contributed by atoms with Crippen molar-refractivity contribution in [1.82, 2.24) is 0 Å². The van der Waals surface area contributed by atoms with Crippen molar-refractivity contribution < 1.29 is 19.1 Å². The van der Waals surface area contributed by atoms with Crippen LogP contribution in [0.3, 0.4) is 0 Å². The summed E-state index contributed by atoms with van der Waals surface area (Å²) in [6.07, 6.45) is 4.26. The highest BCUT2D eigenvalue weighted by Crippen LogP contribution is 2.54. The molecule has 3 rings (SSSR count). The Morgan fingerprint density at radius 2 is 1.48 bits per heavy atom. The number of hydrogen-bond donors (Lipinski definition) is 0. The molecule has 0 aromatic rings. The lowest BCUT2D eigenvalue weighted by Gasteiger charge is -2.41. The van der Waals surface area contributed by atoms with E-state index in [1.54, 1.807) is 0 Å². The van der Waals surface area contributed by atoms with Crippen molar-refractivity contribution in [3.63, 3.8) is 0 Å². The van der Waals surface area contributed by atoms with Gasteiger partial charge >= 0.3 is 0 Å². The fourth-order valence-electron chi connectivity index (χ4n) is 4.83. The highest BCUT2D eigenvalue weighted by Gasteiger charge is 2.64. The lowest BCUT2D eigenvalue weighted by Crippen LogP contribution is -2.58. The Hall–Kier alpha value is -1.45. The van der Waals surface area contributed by atoms with Gasteiger partial charge in [-0.05, 0) is 17.3 Å². The Balaban J connectivity index is 2.05. The highest BCUT2D eigenvalue weighted by molar-refractivity contribution is 6.16. The predicted octanol–water partition coefficient (Wildman–Crippen LogP) is 4.16. The van der Waals surface area contributed by atoms with Gasteiger partial charge in [0.15, 0.2) is 17.3 Å². The summed E-state index contributed by atoms with van der Waals surface area (Å²) in [4.78, 5) is 39.2. The Morgan fingerprint density at radius 3 is 2.04 bits per heavy atom. The summed E-state index contributed by atoms with van der Waals surface area (Å²) in [5.41, 5.74) is -1.29. The topological polar surface area (TPSA) is 60.4 Å². The van der Waals surface area contributed by atoms with E-state index in [9.17, 15) is 14.4 Å². The summed E-state index contributed by atoms with van der Waals surface area (Å²) in [5.74, 6) is 0.0327. The minimum absolute atomic E-state index is 0.0645. The summed E-state index contributed by atoms with van der Waals surface area (Å²) in [6.45, 7) is 10.1. The van der Waals surface area contributed by atoms with E-state index in [0.29, 0.717) is 43.4 Å². The standard InChI is InChI=1S/C21H30O4/c1-6-7-8-13-18-14(22)9-19(2,3)10-15(18)25-21(13)16(23)11-20(4,5)12-17(21)24/h13H,6-12H2,1-5H3. The molecule has 25 heavy (non-hydrogen) atoms. The quantitative estimate of drug-likeness (QED) is 0.720. The molecule has 4 heteroatoms. The zero-order valence-corrected chi connectivity index (χ0v) is 16.2. The summed E-state index contributed by atoms with van der Waals surface area (Å²) >= 11 is 0. The first-order valence-corrected chi connectivity index (χ1v) is 9.54. The lowest BCUT2D eigenvalue weighted by atomic mass is 9.62. The average Bonchev–Trinajstić information content (AvgIpc) is 2.76. The summed E-state index contributed by atoms with van der Waals surface area (Å²) in [6, 6.07) is 0. The maximum absolute atomic E-state index is 13.1. The van der Waals surface area contributed by atoms with Crippen molar-refractivity contribution >= 4 is 17.3 Å². The van der Waals surface area contributed by atoms with Crippen LogP contribution in [0.15, 0.2) is 11.3 Å². The fraction of sp³-hybridized carbons (Fsp3) is 0.762. The number of carbonyl (C=O) groups excluding carboxylic acids is 3. The van der Waals surface area contributed by atoms with E-state index < -0.39 is 5.60 Å². The molecule has 1 fully saturated rings. The van der Waals surface area contributed by atoms with Crippen LogP contribution in [0.1, 0.15) is 79.6 Å². The van der Waals surface area contributed by atoms with Crippen molar-refractivity contribution in [2.45, 2.75) is 85.2 Å². The average molecular weight is 346 g/mol. The molecule has 3 aliphatic rings. The van der Waals surface area contributed by atoms with E-state index in [1.807, 2.05) is 27.7 Å². The molecule has 0 amide bonds. The number of hydrogen-bond acceptors (Lipinski definition) is 4. The monoisotopic (exact) mass is 346 g/mol. The molecule has 4 nitrogen and oxygen atoms in total. The number of ketones is 3. The SMILES string of the molecule is CCCCC1C2=C(CC(C)(C)CC2=O)OC12C(=O)CC(C)(C)CC2=O. The fourth-order valence-corrected chi connectivity index (χ4v) is 4.83. The molecule has 2 aliphatic carbocycles. The normalized spacial score (nSPS) is 29.8. The Kier molecular flexibility index (Phi) is 4.24. The number of unbranched alkanes of at least 4 members (excludes halogenated alkanes) is 1. The van der Waals surface area contributed by atoms with Crippen molar-refractivity contribution in [2.24, 2.45) is 16.7 Å². The van der Waals surface area contributed by atoms with Crippen molar-refractivity contribution in [2.75, 3.05) is 0 Å². The maximum Gasteiger partial charge on any atom is 0.230 e. The molecule has 0 bridgehead atoms. The smallest absolute Gasteiger partial charge is 0.230 e. The van der Waals surface area contributed by atoms with E-state index in [4.69, 9.17) is 4.74 Å². The van der Waals surface area contributed by atoms with Crippen LogP contribution in [0.4, 0.5) is 0 Å². The molecular weight excluding hydrogens is 316 g/mol. The second kappa shape index (κ2) is 5.78. The van der Waals surface area contributed by atoms with Gasteiger partial charge in [0.25, 0.3) is 0 Å². The number of ether oxygens (including phenoxy) is 1. The van der Waals surface area contributed by atoms with Crippen LogP contribution in [0, 0.1) is 16.7 Å². The van der Waals surface area contributed by atoms with Crippen LogP contribution in [0.5, 0.6) is 0 Å². The summed E-state index contributed by atoms with van der Waals surface area (Å²) < 4.78 is 6.19. The molecule has 0 aromatic carbocycles. The number of allylic oxidation sites excluding steroid dienone is 1. The third kappa shape index (κ3) is 2.88. The number of carbonyl (C=O) groups is 3. The van der Waals surface area contributed by atoms with Crippen molar-refractivity contribution in [3.8, 4) is 0 Å². The summed E-state index contributed by atoms with van der Waals surface area (Å²) in [5, 5.41) is 0. The Morgan fingerprint density at radius 1 is 0.920 bits per heavy atom. The van der Waals surface area contributed by atoms with Crippen molar-refractivity contribution in [1.29, 1.82) is 0 Å². The van der Waals surface area contributed by atoms with Crippen LogP contribution in [-0.4, -0.2) is 23.0 Å². The van der Waals surface area contributed by atoms with Gasteiger partial charge in [-0.2, -0.15) is 0 Å². The van der Waals surface area contributed by atoms with Gasteiger partial charge in [-0.3, -0.25) is 14.4 Å². The van der Waals surface area contributed by atoms with Gasteiger partial charge in [-0.1, -0.05) is 47.5 Å². The number of Topliss-reactive ketones (excluding diaryl/α,β-unsaturated/α-hetero) is 3. The van der Waals surface area contributed by atoms with Gasteiger partial charge in [0.2, 0.25) is 5.60 Å². The molecular formula is C21H30O4. The molecule has 1 spiro atoms. The van der Waals surface area contributed by atoms with Crippen LogP contribution >= 0.6 is 0 Å². The molecule has 1 saturated carbocycles. The Labute approximate surface area is 150 Å². The van der Waals surface area contributed by atoms with E-state index in [1.165, 1.54) is 0 Å². The molecule has 0 saturated heterocycles. The molecule has 1 atom stereocenters. The first-order chi connectivity index (χ1) is 11.5. The van der Waals surface area contributed by atoms with E-state index in [0.717, 1.165) is 12.8 Å². The third-order valence-electron chi connectivity index (χ3n) is 5.96. The molecule has 0 radical (unpaired) electrons. The van der Waals surface area contributed by atoms with Gasteiger partial charge < -0.3 is 4.74 Å². The van der Waals surface area contributed by atoms with Gasteiger partial charge in [-0.15, -0.1) is 0 Å². The largest absolute Gasteiger partial charge is 0.475 e. The first kappa shape index (κ1) is 18.3. The maximum atomic E-state index is 13.1. The minimum Gasteiger partial charge on any atom is -0.475 e. The highest BCUT2D eigenvalue weighted by atomic mass is 16.5. The molecule has 1 heterocycles. The van der Waals surface area contributed by atoms with Gasteiger partial charge in [0.05, 0.1) is 0 Å². The van der Waals surface area contributed by atoms with Gasteiger partial charge in [-0.25, -0.2) is 0 Å². The second-order valence-electron chi connectivity index (χ2n) is 9.67. The third-order valence-corrected chi connectivity index (χ3v) is 5.96. The zero-order valence-electron chi connectivity index (χ0n) is 16.2. The number of rotatable bonds is 3. The zero-order chi connectivity index (χ0) is 18.6. The molecule has 0 N–H and O–H groups in total. The van der Waals surface area contributed by atoms with Crippen molar-refractivity contribution in [3.05, 3.63) is 11.3 Å². The van der Waals surface area contributed by atoms with Crippen LogP contribution in [0.2, 0.25) is 0 Å². The first-order valence-electron chi connectivity index (χ1n) is 9.54. The van der Waals surface area contributed by atoms with E-state index >= 15 is 0 Å². The lowest BCUT2D eigenvalue weighted by molar-refractivity contribution is -0.163.